The molecule has 3 rings (SSSR count). The van der Waals surface area contributed by atoms with Crippen molar-refractivity contribution in [2.24, 2.45) is 5.92 Å². The Bertz CT molecular complexity index is 824. The molecule has 1 N–H and O–H groups in total. The predicted molar refractivity (Wildman–Crippen MR) is 101 cm³/mol. The highest BCUT2D eigenvalue weighted by Crippen LogP contribution is 2.43. The highest BCUT2D eigenvalue weighted by molar-refractivity contribution is 5.66. The molecule has 0 radical (unpaired) electrons. The van der Waals surface area contributed by atoms with E-state index in [4.69, 9.17) is 4.74 Å². The number of rotatable bonds is 5. The third-order valence-electron chi connectivity index (χ3n) is 5.26. The van der Waals surface area contributed by atoms with Crippen LogP contribution in [0.1, 0.15) is 5.56 Å². The maximum Gasteiger partial charge on any atom is 0.402 e. The molecule has 164 valence electrons. The fourth-order valence-electron chi connectivity index (χ4n) is 3.82. The van der Waals surface area contributed by atoms with Gasteiger partial charge in [0, 0.05) is 37.8 Å². The third kappa shape index (κ3) is 5.07. The van der Waals surface area contributed by atoms with Crippen LogP contribution in [-0.4, -0.2) is 50.0 Å². The second-order valence-electron chi connectivity index (χ2n) is 7.20. The van der Waals surface area contributed by atoms with E-state index in [0.717, 1.165) is 11.1 Å². The Kier molecular flexibility index (Phi) is 6.62. The first-order chi connectivity index (χ1) is 14.1. The van der Waals surface area contributed by atoms with Gasteiger partial charge in [0.05, 0.1) is 7.11 Å². The Morgan fingerprint density at radius 1 is 1.00 bits per heavy atom. The van der Waals surface area contributed by atoms with E-state index in [1.807, 2.05) is 30.3 Å². The van der Waals surface area contributed by atoms with E-state index in [0.29, 0.717) is 17.9 Å². The number of nitrogens with zero attached hydrogens (tertiary/aromatic N) is 1. The van der Waals surface area contributed by atoms with Crippen LogP contribution in [-0.2, 0) is 6.54 Å². The molecule has 0 bridgehead atoms. The van der Waals surface area contributed by atoms with Crippen molar-refractivity contribution in [3.63, 3.8) is 0 Å². The van der Waals surface area contributed by atoms with Crippen molar-refractivity contribution in [1.29, 1.82) is 0 Å². The summed E-state index contributed by atoms with van der Waals surface area (Å²) in [5.74, 6) is -3.00. The SMILES string of the molecule is COc1cc(-c2ccccc2)ccc1CN1CCNCC1C(C(F)(F)F)C(F)(F)F. The highest BCUT2D eigenvalue weighted by atomic mass is 19.4. The van der Waals surface area contributed by atoms with Crippen LogP contribution in [0.5, 0.6) is 5.75 Å². The number of halogens is 6. The number of alkyl halides is 6. The summed E-state index contributed by atoms with van der Waals surface area (Å²) >= 11 is 0. The van der Waals surface area contributed by atoms with Crippen molar-refractivity contribution < 1.29 is 31.1 Å². The van der Waals surface area contributed by atoms with Gasteiger partial charge in [-0.3, -0.25) is 4.90 Å². The Hall–Kier alpha value is -2.26. The van der Waals surface area contributed by atoms with E-state index in [1.165, 1.54) is 12.0 Å². The van der Waals surface area contributed by atoms with Gasteiger partial charge in [0.1, 0.15) is 5.75 Å². The van der Waals surface area contributed by atoms with Crippen LogP contribution < -0.4 is 10.1 Å². The molecule has 1 aliphatic rings. The molecule has 0 saturated carbocycles. The van der Waals surface area contributed by atoms with Crippen molar-refractivity contribution in [2.45, 2.75) is 24.9 Å². The lowest BCUT2D eigenvalue weighted by Gasteiger charge is -2.41. The molecule has 3 nitrogen and oxygen atoms in total. The summed E-state index contributed by atoms with van der Waals surface area (Å²) in [7, 11) is 1.43. The molecule has 1 saturated heterocycles. The van der Waals surface area contributed by atoms with Crippen molar-refractivity contribution >= 4 is 0 Å². The molecule has 0 amide bonds. The molecule has 1 atom stereocenters. The minimum Gasteiger partial charge on any atom is -0.496 e. The zero-order chi connectivity index (χ0) is 21.9. The molecule has 2 aromatic rings. The fraction of sp³-hybridized carbons (Fsp3) is 0.429. The van der Waals surface area contributed by atoms with Crippen molar-refractivity contribution in [3.05, 3.63) is 54.1 Å². The van der Waals surface area contributed by atoms with Gasteiger partial charge in [-0.2, -0.15) is 26.3 Å². The van der Waals surface area contributed by atoms with Gasteiger partial charge in [-0.15, -0.1) is 0 Å². The van der Waals surface area contributed by atoms with Crippen LogP contribution in [0.4, 0.5) is 26.3 Å². The topological polar surface area (TPSA) is 24.5 Å². The molecule has 2 aromatic carbocycles. The average Bonchev–Trinajstić information content (AvgIpc) is 2.68. The molecule has 0 aromatic heterocycles. The lowest BCUT2D eigenvalue weighted by molar-refractivity contribution is -0.300. The highest BCUT2D eigenvalue weighted by Gasteiger charge is 2.61. The molecule has 9 heteroatoms. The van der Waals surface area contributed by atoms with Gasteiger partial charge < -0.3 is 10.1 Å². The second kappa shape index (κ2) is 8.85. The third-order valence-corrected chi connectivity index (χ3v) is 5.26. The molecular formula is C21H22F6N2O. The number of nitrogens with one attached hydrogen (secondary N) is 1. The Balaban J connectivity index is 1.89. The van der Waals surface area contributed by atoms with Gasteiger partial charge in [-0.1, -0.05) is 42.5 Å². The molecule has 1 unspecified atom stereocenters. The summed E-state index contributed by atoms with van der Waals surface area (Å²) in [4.78, 5) is 1.24. The molecule has 1 aliphatic heterocycles. The monoisotopic (exact) mass is 432 g/mol. The number of hydrogen-bond donors (Lipinski definition) is 1. The Morgan fingerprint density at radius 3 is 2.27 bits per heavy atom. The van der Waals surface area contributed by atoms with Gasteiger partial charge in [-0.25, -0.2) is 0 Å². The summed E-state index contributed by atoms with van der Waals surface area (Å²) in [5.41, 5.74) is 2.31. The molecule has 1 fully saturated rings. The molecular weight excluding hydrogens is 410 g/mol. The summed E-state index contributed by atoms with van der Waals surface area (Å²) in [6.45, 7) is -0.0956. The van der Waals surface area contributed by atoms with Crippen LogP contribution in [0.25, 0.3) is 11.1 Å². The molecule has 1 heterocycles. The van der Waals surface area contributed by atoms with Crippen LogP contribution >= 0.6 is 0 Å². The second-order valence-corrected chi connectivity index (χ2v) is 7.20. The van der Waals surface area contributed by atoms with E-state index in [1.54, 1.807) is 18.2 Å². The Morgan fingerprint density at radius 2 is 1.67 bits per heavy atom. The van der Waals surface area contributed by atoms with E-state index in [-0.39, 0.29) is 13.1 Å². The average molecular weight is 432 g/mol. The lowest BCUT2D eigenvalue weighted by Crippen LogP contribution is -2.60. The number of ether oxygens (including phenoxy) is 1. The zero-order valence-electron chi connectivity index (χ0n) is 16.2. The van der Waals surface area contributed by atoms with Gasteiger partial charge in [-0.05, 0) is 17.2 Å². The number of piperazine rings is 1. The number of methoxy groups -OCH3 is 1. The maximum absolute atomic E-state index is 13.3. The summed E-state index contributed by atoms with van der Waals surface area (Å²) in [6.07, 6.45) is -10.8. The van der Waals surface area contributed by atoms with Crippen molar-refractivity contribution in [2.75, 3.05) is 26.7 Å². The Labute approximate surface area is 170 Å². The van der Waals surface area contributed by atoms with Crippen LogP contribution in [0.15, 0.2) is 48.5 Å². The van der Waals surface area contributed by atoms with E-state index >= 15 is 0 Å². The standard InChI is InChI=1S/C21H22F6N2O/c1-30-18-11-15(14-5-3-2-4-6-14)7-8-16(18)13-29-10-9-28-12-17(29)19(20(22,23)24)21(25,26)27/h2-8,11,17,19,28H,9-10,12-13H2,1H3. The fourth-order valence-corrected chi connectivity index (χ4v) is 3.82. The zero-order valence-corrected chi connectivity index (χ0v) is 16.2. The largest absolute Gasteiger partial charge is 0.496 e. The summed E-state index contributed by atoms with van der Waals surface area (Å²) < 4.78 is 85.2. The summed E-state index contributed by atoms with van der Waals surface area (Å²) in [5, 5.41) is 2.66. The van der Waals surface area contributed by atoms with Gasteiger partial charge in [0.2, 0.25) is 0 Å². The van der Waals surface area contributed by atoms with Crippen LogP contribution in [0, 0.1) is 5.92 Å². The van der Waals surface area contributed by atoms with Gasteiger partial charge in [0.25, 0.3) is 0 Å². The van der Waals surface area contributed by atoms with Crippen LogP contribution in [0.2, 0.25) is 0 Å². The van der Waals surface area contributed by atoms with Crippen molar-refractivity contribution in [3.8, 4) is 16.9 Å². The maximum atomic E-state index is 13.3. The van der Waals surface area contributed by atoms with Crippen molar-refractivity contribution in [1.82, 2.24) is 10.2 Å². The van der Waals surface area contributed by atoms with Gasteiger partial charge >= 0.3 is 12.4 Å². The summed E-state index contributed by atoms with van der Waals surface area (Å²) in [6, 6.07) is 12.9. The first-order valence-electron chi connectivity index (χ1n) is 9.42. The first kappa shape index (κ1) is 22.4. The predicted octanol–water partition coefficient (Wildman–Crippen LogP) is 4.88. The molecule has 0 spiro atoms. The normalized spacial score (nSPS) is 18.6. The number of benzene rings is 2. The van der Waals surface area contributed by atoms with E-state index in [2.05, 4.69) is 5.32 Å². The smallest absolute Gasteiger partial charge is 0.402 e. The molecule has 0 aliphatic carbocycles. The lowest BCUT2D eigenvalue weighted by atomic mass is 9.94. The first-order valence-corrected chi connectivity index (χ1v) is 9.42. The van der Waals surface area contributed by atoms with Gasteiger partial charge in [0.15, 0.2) is 5.92 Å². The quantitative estimate of drug-likeness (QED) is 0.682. The molecule has 30 heavy (non-hydrogen) atoms. The van der Waals surface area contributed by atoms with E-state index in [9.17, 15) is 26.3 Å². The minimum atomic E-state index is -5.39. The van der Waals surface area contributed by atoms with E-state index < -0.39 is 30.9 Å². The number of hydrogen-bond acceptors (Lipinski definition) is 3. The minimum absolute atomic E-state index is 0.0664. The van der Waals surface area contributed by atoms with Crippen LogP contribution in [0.3, 0.4) is 0 Å².